The zero-order valence-electron chi connectivity index (χ0n) is 13.7. The monoisotopic (exact) mass is 352 g/mol. The lowest BCUT2D eigenvalue weighted by Gasteiger charge is -2.08. The number of carbonyl (C=O) groups is 1. The van der Waals surface area contributed by atoms with Gasteiger partial charge < -0.3 is 10.4 Å². The number of hydrogen-bond acceptors (Lipinski definition) is 3. The number of fused-ring (bicyclic) bond motifs is 1. The molecule has 0 fully saturated rings. The number of benzene rings is 3. The fraction of sp³-hybridized carbons (Fsp3) is 0.100. The molecule has 1 amide bonds. The van der Waals surface area contributed by atoms with Crippen molar-refractivity contribution in [3.05, 3.63) is 70.7 Å². The number of aliphatic imine (C=N–C) groups is 1. The quantitative estimate of drug-likeness (QED) is 0.676. The third-order valence-electron chi connectivity index (χ3n) is 3.94. The van der Waals surface area contributed by atoms with Gasteiger partial charge in [-0.15, -0.1) is 0 Å². The maximum atomic E-state index is 12.1. The molecule has 0 bridgehead atoms. The number of amides is 1. The van der Waals surface area contributed by atoms with Crippen molar-refractivity contribution in [1.29, 1.82) is 0 Å². The van der Waals surface area contributed by atoms with Crippen molar-refractivity contribution in [2.75, 3.05) is 11.9 Å². The van der Waals surface area contributed by atoms with Gasteiger partial charge in [-0.3, -0.25) is 9.79 Å². The number of nitrogens with one attached hydrogen (secondary N) is 1. The molecular formula is C20H17ClN2O2. The molecule has 5 heteroatoms. The molecule has 0 aliphatic rings. The van der Waals surface area contributed by atoms with Crippen molar-refractivity contribution in [2.45, 2.75) is 6.92 Å². The van der Waals surface area contributed by atoms with Gasteiger partial charge in [0.1, 0.15) is 12.3 Å². The van der Waals surface area contributed by atoms with E-state index in [0.717, 1.165) is 16.3 Å². The first-order valence-electron chi connectivity index (χ1n) is 7.82. The van der Waals surface area contributed by atoms with Crippen LogP contribution in [0.2, 0.25) is 5.02 Å². The van der Waals surface area contributed by atoms with Crippen molar-refractivity contribution in [2.24, 2.45) is 4.99 Å². The summed E-state index contributed by atoms with van der Waals surface area (Å²) in [6, 6.07) is 16.5. The molecule has 0 saturated carbocycles. The van der Waals surface area contributed by atoms with Gasteiger partial charge in [0.2, 0.25) is 5.91 Å². The zero-order valence-corrected chi connectivity index (χ0v) is 14.4. The summed E-state index contributed by atoms with van der Waals surface area (Å²) in [5.41, 5.74) is 2.08. The van der Waals surface area contributed by atoms with Crippen LogP contribution in [0.25, 0.3) is 10.8 Å². The molecule has 0 unspecified atom stereocenters. The average Bonchev–Trinajstić information content (AvgIpc) is 2.61. The van der Waals surface area contributed by atoms with E-state index in [1.54, 1.807) is 24.3 Å². The number of nitrogens with zero attached hydrogens (tertiary/aromatic N) is 1. The molecule has 0 aliphatic carbocycles. The highest BCUT2D eigenvalue weighted by molar-refractivity contribution is 6.31. The third kappa shape index (κ3) is 3.80. The number of halogens is 1. The van der Waals surface area contributed by atoms with Gasteiger partial charge in [-0.1, -0.05) is 48.0 Å². The van der Waals surface area contributed by atoms with Crippen molar-refractivity contribution in [3.63, 3.8) is 0 Å². The van der Waals surface area contributed by atoms with E-state index < -0.39 is 0 Å². The number of hydrogen-bond donors (Lipinski definition) is 2. The van der Waals surface area contributed by atoms with Crippen LogP contribution in [0.3, 0.4) is 0 Å². The predicted octanol–water partition coefficient (Wildman–Crippen LogP) is 4.56. The Hall–Kier alpha value is -2.85. The van der Waals surface area contributed by atoms with E-state index in [1.807, 2.05) is 37.3 Å². The molecule has 3 aromatic carbocycles. The summed E-state index contributed by atoms with van der Waals surface area (Å²) in [4.78, 5) is 16.3. The second-order valence-electron chi connectivity index (χ2n) is 5.65. The maximum Gasteiger partial charge on any atom is 0.246 e. The van der Waals surface area contributed by atoms with E-state index in [4.69, 9.17) is 11.6 Å². The summed E-state index contributed by atoms with van der Waals surface area (Å²) >= 11 is 6.05. The highest BCUT2D eigenvalue weighted by Gasteiger charge is 2.07. The van der Waals surface area contributed by atoms with E-state index in [-0.39, 0.29) is 18.2 Å². The van der Waals surface area contributed by atoms with E-state index in [0.29, 0.717) is 16.3 Å². The van der Waals surface area contributed by atoms with Crippen molar-refractivity contribution in [1.82, 2.24) is 0 Å². The minimum atomic E-state index is -0.249. The van der Waals surface area contributed by atoms with E-state index >= 15 is 0 Å². The van der Waals surface area contributed by atoms with E-state index in [9.17, 15) is 9.90 Å². The van der Waals surface area contributed by atoms with Gasteiger partial charge in [-0.05, 0) is 41.5 Å². The molecule has 3 aromatic rings. The topological polar surface area (TPSA) is 61.7 Å². The van der Waals surface area contributed by atoms with Gasteiger partial charge in [0, 0.05) is 22.5 Å². The summed E-state index contributed by atoms with van der Waals surface area (Å²) in [5.74, 6) is -0.116. The molecule has 0 heterocycles. The van der Waals surface area contributed by atoms with Gasteiger partial charge >= 0.3 is 0 Å². The summed E-state index contributed by atoms with van der Waals surface area (Å²) in [5, 5.41) is 15.3. The largest absolute Gasteiger partial charge is 0.507 e. The number of carbonyl (C=O) groups excluding carboxylic acids is 1. The number of rotatable bonds is 4. The molecule has 0 atom stereocenters. The maximum absolute atomic E-state index is 12.1. The van der Waals surface area contributed by atoms with Crippen molar-refractivity contribution in [3.8, 4) is 5.75 Å². The van der Waals surface area contributed by atoms with Crippen LogP contribution in [0.4, 0.5) is 5.69 Å². The lowest BCUT2D eigenvalue weighted by atomic mass is 10.0. The van der Waals surface area contributed by atoms with Crippen LogP contribution in [0.1, 0.15) is 11.1 Å². The Labute approximate surface area is 150 Å². The number of anilines is 1. The highest BCUT2D eigenvalue weighted by Crippen LogP contribution is 2.25. The number of phenols is 1. The van der Waals surface area contributed by atoms with Gasteiger partial charge in [-0.25, -0.2) is 0 Å². The van der Waals surface area contributed by atoms with Crippen molar-refractivity contribution < 1.29 is 9.90 Å². The van der Waals surface area contributed by atoms with Gasteiger partial charge in [-0.2, -0.15) is 0 Å². The molecule has 3 rings (SSSR count). The van der Waals surface area contributed by atoms with Crippen LogP contribution in [0.5, 0.6) is 5.75 Å². The molecule has 25 heavy (non-hydrogen) atoms. The molecule has 0 aromatic heterocycles. The summed E-state index contributed by atoms with van der Waals surface area (Å²) in [6.07, 6.45) is 1.53. The zero-order chi connectivity index (χ0) is 17.8. The minimum Gasteiger partial charge on any atom is -0.507 e. The number of aromatic hydroxyl groups is 1. The van der Waals surface area contributed by atoms with Gasteiger partial charge in [0.25, 0.3) is 0 Å². The number of phenolic OH excluding ortho intramolecular Hbond substituents is 1. The van der Waals surface area contributed by atoms with Crippen LogP contribution in [-0.2, 0) is 4.79 Å². The van der Waals surface area contributed by atoms with Crippen LogP contribution >= 0.6 is 11.6 Å². The first kappa shape index (κ1) is 17.0. The fourth-order valence-corrected chi connectivity index (χ4v) is 2.75. The second kappa shape index (κ2) is 7.36. The minimum absolute atomic E-state index is 0.0470. The molecule has 0 spiro atoms. The molecule has 126 valence electrons. The Kier molecular flexibility index (Phi) is 5.00. The molecule has 4 nitrogen and oxygen atoms in total. The Morgan fingerprint density at radius 3 is 2.80 bits per heavy atom. The second-order valence-corrected chi connectivity index (χ2v) is 6.06. The smallest absolute Gasteiger partial charge is 0.246 e. The predicted molar refractivity (Wildman–Crippen MR) is 103 cm³/mol. The van der Waals surface area contributed by atoms with Crippen LogP contribution in [0.15, 0.2) is 59.6 Å². The SMILES string of the molecule is Cc1c(Cl)cccc1NC(=O)CN=Cc1c(O)ccc2ccccc12. The summed E-state index contributed by atoms with van der Waals surface area (Å²) in [7, 11) is 0. The van der Waals surface area contributed by atoms with Crippen LogP contribution in [-0.4, -0.2) is 23.8 Å². The van der Waals surface area contributed by atoms with Gasteiger partial charge in [0.05, 0.1) is 0 Å². The molecule has 2 N–H and O–H groups in total. The Balaban J connectivity index is 1.74. The average molecular weight is 353 g/mol. The highest BCUT2D eigenvalue weighted by atomic mass is 35.5. The van der Waals surface area contributed by atoms with E-state index in [1.165, 1.54) is 6.21 Å². The molecule has 0 aliphatic heterocycles. The summed E-state index contributed by atoms with van der Waals surface area (Å²) < 4.78 is 0. The Morgan fingerprint density at radius 2 is 1.96 bits per heavy atom. The van der Waals surface area contributed by atoms with Crippen molar-refractivity contribution >= 4 is 40.2 Å². The summed E-state index contributed by atoms with van der Waals surface area (Å²) in [6.45, 7) is 1.80. The fourth-order valence-electron chi connectivity index (χ4n) is 2.57. The Bertz CT molecular complexity index is 967. The molecule has 0 saturated heterocycles. The normalized spacial score (nSPS) is 11.1. The lowest BCUT2D eigenvalue weighted by Crippen LogP contribution is -2.15. The third-order valence-corrected chi connectivity index (χ3v) is 4.35. The molecular weight excluding hydrogens is 336 g/mol. The standard InChI is InChI=1S/C20H17ClN2O2/c1-13-17(21)7-4-8-18(13)23-20(25)12-22-11-16-15-6-3-2-5-14(15)9-10-19(16)24/h2-11,24H,12H2,1H3,(H,23,25). The Morgan fingerprint density at radius 1 is 1.16 bits per heavy atom. The van der Waals surface area contributed by atoms with E-state index in [2.05, 4.69) is 10.3 Å². The lowest BCUT2D eigenvalue weighted by molar-refractivity contribution is -0.114. The van der Waals surface area contributed by atoms with Crippen LogP contribution < -0.4 is 5.32 Å². The van der Waals surface area contributed by atoms with Gasteiger partial charge in [0.15, 0.2) is 0 Å². The molecule has 0 radical (unpaired) electrons. The first-order valence-corrected chi connectivity index (χ1v) is 8.19. The first-order chi connectivity index (χ1) is 12.1. The van der Waals surface area contributed by atoms with Crippen LogP contribution in [0, 0.1) is 6.92 Å².